The van der Waals surface area contributed by atoms with Crippen LogP contribution in [0, 0.1) is 5.92 Å². The molecular weight excluding hydrogens is 225 g/mol. The molecule has 0 aliphatic carbocycles. The molecule has 0 N–H and O–H groups in total. The van der Waals surface area contributed by atoms with Crippen molar-refractivity contribution >= 4 is 11.9 Å². The average molecular weight is 245 g/mol. The number of carbonyl (C=O) groups is 2. The van der Waals surface area contributed by atoms with Gasteiger partial charge in [-0.2, -0.15) is 0 Å². The van der Waals surface area contributed by atoms with Gasteiger partial charge in [-0.25, -0.2) is 9.18 Å². The summed E-state index contributed by atoms with van der Waals surface area (Å²) >= 11 is 0. The van der Waals surface area contributed by atoms with Crippen LogP contribution in [0.5, 0.6) is 0 Å². The van der Waals surface area contributed by atoms with Crippen molar-refractivity contribution in [2.75, 3.05) is 13.2 Å². The van der Waals surface area contributed by atoms with Crippen LogP contribution in [-0.2, 0) is 14.3 Å². The number of nitrogens with zero attached hydrogens (tertiary/aromatic N) is 1. The molecule has 98 valence electrons. The van der Waals surface area contributed by atoms with E-state index in [1.54, 1.807) is 6.92 Å². The van der Waals surface area contributed by atoms with E-state index >= 15 is 0 Å². The van der Waals surface area contributed by atoms with Gasteiger partial charge in [0.05, 0.1) is 6.61 Å². The zero-order valence-corrected chi connectivity index (χ0v) is 10.4. The highest BCUT2D eigenvalue weighted by atomic mass is 19.1. The summed E-state index contributed by atoms with van der Waals surface area (Å²) < 4.78 is 18.4. The van der Waals surface area contributed by atoms with Crippen molar-refractivity contribution in [2.24, 2.45) is 5.92 Å². The Labute approximate surface area is 101 Å². The molecule has 1 amide bonds. The maximum atomic E-state index is 13.8. The van der Waals surface area contributed by atoms with E-state index in [1.165, 1.54) is 0 Å². The number of alkyl halides is 1. The zero-order chi connectivity index (χ0) is 12.8. The Bertz CT molecular complexity index is 283. The fourth-order valence-electron chi connectivity index (χ4n) is 2.05. The molecule has 2 unspecified atom stereocenters. The van der Waals surface area contributed by atoms with E-state index in [2.05, 4.69) is 11.7 Å². The Morgan fingerprint density at radius 1 is 1.53 bits per heavy atom. The van der Waals surface area contributed by atoms with Gasteiger partial charge in [0.15, 0.2) is 0 Å². The van der Waals surface area contributed by atoms with Gasteiger partial charge >= 0.3 is 5.97 Å². The smallest absolute Gasteiger partial charge is 0.362 e. The second kappa shape index (κ2) is 6.57. The summed E-state index contributed by atoms with van der Waals surface area (Å²) in [5.74, 6) is -0.810. The van der Waals surface area contributed by atoms with Crippen LogP contribution in [0.1, 0.15) is 39.5 Å². The zero-order valence-electron chi connectivity index (χ0n) is 10.4. The maximum Gasteiger partial charge on any atom is 0.362 e. The van der Waals surface area contributed by atoms with Crippen LogP contribution in [0.15, 0.2) is 0 Å². The molecule has 5 heteroatoms. The van der Waals surface area contributed by atoms with Crippen LogP contribution in [0.3, 0.4) is 0 Å². The van der Waals surface area contributed by atoms with Gasteiger partial charge in [0.25, 0.3) is 6.30 Å². The van der Waals surface area contributed by atoms with E-state index in [-0.39, 0.29) is 12.5 Å². The molecule has 1 aliphatic rings. The Morgan fingerprint density at radius 2 is 2.24 bits per heavy atom. The van der Waals surface area contributed by atoms with Crippen molar-refractivity contribution in [1.82, 2.24) is 4.90 Å². The van der Waals surface area contributed by atoms with Crippen LogP contribution in [-0.4, -0.2) is 36.2 Å². The summed E-state index contributed by atoms with van der Waals surface area (Å²) in [6.45, 7) is 4.10. The molecule has 2 atom stereocenters. The monoisotopic (exact) mass is 245 g/mol. The highest BCUT2D eigenvalue weighted by Crippen LogP contribution is 2.22. The summed E-state index contributed by atoms with van der Waals surface area (Å²) in [6.07, 6.45) is 0.886. The summed E-state index contributed by atoms with van der Waals surface area (Å²) in [7, 11) is 0. The molecule has 0 aromatic carbocycles. The molecule has 0 radical (unpaired) electrons. The summed E-state index contributed by atoms with van der Waals surface area (Å²) in [5.41, 5.74) is 0. The first-order valence-corrected chi connectivity index (χ1v) is 6.20. The Morgan fingerprint density at radius 3 is 2.82 bits per heavy atom. The third-order valence-electron chi connectivity index (χ3n) is 3.20. The number of rotatable bonds is 4. The molecule has 4 nitrogen and oxygen atoms in total. The quantitative estimate of drug-likeness (QED) is 0.561. The molecule has 0 aromatic heterocycles. The normalized spacial score (nSPS) is 23.1. The number of amides is 1. The summed E-state index contributed by atoms with van der Waals surface area (Å²) in [6, 6.07) is 0. The fraction of sp³-hybridized carbons (Fsp3) is 0.833. The lowest BCUT2D eigenvalue weighted by atomic mass is 9.98. The van der Waals surface area contributed by atoms with Crippen LogP contribution in [0.25, 0.3) is 0 Å². The minimum atomic E-state index is -1.95. The lowest BCUT2D eigenvalue weighted by Crippen LogP contribution is -2.43. The van der Waals surface area contributed by atoms with Crippen molar-refractivity contribution in [3.8, 4) is 0 Å². The van der Waals surface area contributed by atoms with E-state index in [1.807, 2.05) is 0 Å². The minimum absolute atomic E-state index is 0.124. The standard InChI is InChI=1S/C12H20FNO3/c1-3-9-5-6-10(15)14(8-7-9)11(13)12(16)17-4-2/h9,11H,3-8H2,1-2H3. The molecule has 0 saturated carbocycles. The average Bonchev–Trinajstić information content (AvgIpc) is 2.50. The Balaban J connectivity index is 2.62. The van der Waals surface area contributed by atoms with E-state index in [0.29, 0.717) is 18.9 Å². The number of likely N-dealkylation sites (tertiary alicyclic amines) is 1. The number of ether oxygens (including phenoxy) is 1. The number of hydrogen-bond donors (Lipinski definition) is 0. The van der Waals surface area contributed by atoms with Gasteiger partial charge < -0.3 is 9.64 Å². The minimum Gasteiger partial charge on any atom is -0.462 e. The number of carbonyl (C=O) groups excluding carboxylic acids is 2. The fourth-order valence-corrected chi connectivity index (χ4v) is 2.05. The van der Waals surface area contributed by atoms with Crippen LogP contribution in [0.2, 0.25) is 0 Å². The third-order valence-corrected chi connectivity index (χ3v) is 3.20. The van der Waals surface area contributed by atoms with Gasteiger partial charge in [-0.05, 0) is 25.7 Å². The van der Waals surface area contributed by atoms with Crippen LogP contribution >= 0.6 is 0 Å². The second-order valence-electron chi connectivity index (χ2n) is 4.28. The van der Waals surface area contributed by atoms with Gasteiger partial charge in [0, 0.05) is 13.0 Å². The molecular formula is C12H20FNO3. The molecule has 0 aromatic rings. The van der Waals surface area contributed by atoms with Gasteiger partial charge in [0.2, 0.25) is 5.91 Å². The highest BCUT2D eigenvalue weighted by Gasteiger charge is 2.32. The molecule has 1 heterocycles. The first-order valence-electron chi connectivity index (χ1n) is 6.20. The van der Waals surface area contributed by atoms with Crippen molar-refractivity contribution in [1.29, 1.82) is 0 Å². The number of esters is 1. The molecule has 0 bridgehead atoms. The Hall–Kier alpha value is -1.13. The predicted molar refractivity (Wildman–Crippen MR) is 60.9 cm³/mol. The molecule has 17 heavy (non-hydrogen) atoms. The van der Waals surface area contributed by atoms with Crippen LogP contribution < -0.4 is 0 Å². The van der Waals surface area contributed by atoms with Crippen molar-refractivity contribution < 1.29 is 18.7 Å². The lowest BCUT2D eigenvalue weighted by molar-refractivity contribution is -0.162. The lowest BCUT2D eigenvalue weighted by Gasteiger charge is -2.23. The maximum absolute atomic E-state index is 13.8. The van der Waals surface area contributed by atoms with E-state index in [4.69, 9.17) is 0 Å². The van der Waals surface area contributed by atoms with Crippen molar-refractivity contribution in [3.05, 3.63) is 0 Å². The van der Waals surface area contributed by atoms with Crippen LogP contribution in [0.4, 0.5) is 4.39 Å². The topological polar surface area (TPSA) is 46.6 Å². The molecule has 0 spiro atoms. The van der Waals surface area contributed by atoms with Crippen molar-refractivity contribution in [2.45, 2.75) is 45.8 Å². The van der Waals surface area contributed by atoms with Gasteiger partial charge in [0.1, 0.15) is 0 Å². The molecule has 1 aliphatic heterocycles. The Kier molecular flexibility index (Phi) is 5.38. The van der Waals surface area contributed by atoms with Gasteiger partial charge in [-0.15, -0.1) is 0 Å². The number of hydrogen-bond acceptors (Lipinski definition) is 3. The van der Waals surface area contributed by atoms with E-state index in [9.17, 15) is 14.0 Å². The van der Waals surface area contributed by atoms with E-state index in [0.717, 1.165) is 24.2 Å². The summed E-state index contributed by atoms with van der Waals surface area (Å²) in [4.78, 5) is 24.0. The molecule has 1 rings (SSSR count). The van der Waals surface area contributed by atoms with Gasteiger partial charge in [-0.3, -0.25) is 4.79 Å². The predicted octanol–water partition coefficient (Wildman–Crippen LogP) is 1.88. The molecule has 1 saturated heterocycles. The van der Waals surface area contributed by atoms with E-state index < -0.39 is 12.3 Å². The van der Waals surface area contributed by atoms with Crippen molar-refractivity contribution in [3.63, 3.8) is 0 Å². The first-order chi connectivity index (χ1) is 8.10. The summed E-state index contributed by atoms with van der Waals surface area (Å²) in [5, 5.41) is 0. The third kappa shape index (κ3) is 3.68. The second-order valence-corrected chi connectivity index (χ2v) is 4.28. The first kappa shape index (κ1) is 13.9. The number of halogens is 1. The SMILES string of the molecule is CCOC(=O)C(F)N1CCC(CC)CCC1=O. The highest BCUT2D eigenvalue weighted by molar-refractivity contribution is 5.83. The van der Waals surface area contributed by atoms with Gasteiger partial charge in [-0.1, -0.05) is 13.3 Å². The molecule has 1 fully saturated rings. The largest absolute Gasteiger partial charge is 0.462 e.